The zero-order valence-electron chi connectivity index (χ0n) is 8.43. The van der Waals surface area contributed by atoms with Gasteiger partial charge in [0.15, 0.2) is 5.78 Å². The highest BCUT2D eigenvalue weighted by Crippen LogP contribution is 2.12. The molecule has 2 heterocycles. The molecule has 2 nitrogen and oxygen atoms in total. The zero-order valence-corrected chi connectivity index (χ0v) is 9.25. The van der Waals surface area contributed by atoms with Crippen molar-refractivity contribution in [1.82, 2.24) is 4.98 Å². The van der Waals surface area contributed by atoms with Gasteiger partial charge in [-0.3, -0.25) is 9.78 Å². The number of aromatic nitrogens is 1. The van der Waals surface area contributed by atoms with Crippen molar-refractivity contribution in [1.29, 1.82) is 0 Å². The zero-order chi connectivity index (χ0) is 10.7. The summed E-state index contributed by atoms with van der Waals surface area (Å²) in [6.45, 7) is 1.96. The van der Waals surface area contributed by atoms with Gasteiger partial charge < -0.3 is 0 Å². The number of hydrogen-bond acceptors (Lipinski definition) is 3. The Morgan fingerprint density at radius 3 is 3.00 bits per heavy atom. The summed E-state index contributed by atoms with van der Waals surface area (Å²) in [6.07, 6.45) is 2.13. The predicted molar refractivity (Wildman–Crippen MR) is 61.3 cm³/mol. The number of nitrogens with zero attached hydrogens (tertiary/aromatic N) is 1. The fraction of sp³-hybridized carbons (Fsp3) is 0.167. The third-order valence-electron chi connectivity index (χ3n) is 2.12. The van der Waals surface area contributed by atoms with E-state index < -0.39 is 0 Å². The molecule has 3 heteroatoms. The first kappa shape index (κ1) is 10.1. The molecule has 76 valence electrons. The predicted octanol–water partition coefficient (Wildman–Crippen LogP) is 2.88. The van der Waals surface area contributed by atoms with Crippen LogP contribution in [0.1, 0.15) is 20.9 Å². The number of rotatable bonds is 3. The van der Waals surface area contributed by atoms with Crippen LogP contribution in [-0.4, -0.2) is 10.8 Å². The van der Waals surface area contributed by atoms with Crippen molar-refractivity contribution in [3.05, 3.63) is 52.0 Å². The van der Waals surface area contributed by atoms with Gasteiger partial charge >= 0.3 is 0 Å². The number of thiophene rings is 1. The van der Waals surface area contributed by atoms with Crippen molar-refractivity contribution in [2.45, 2.75) is 13.3 Å². The SMILES string of the molecule is Cc1ccnc(C(=O)Cc2cccs2)c1. The van der Waals surface area contributed by atoms with Crippen LogP contribution in [-0.2, 0) is 6.42 Å². The van der Waals surface area contributed by atoms with Gasteiger partial charge in [-0.15, -0.1) is 11.3 Å². The molecular formula is C12H11NOS. The molecule has 0 saturated carbocycles. The van der Waals surface area contributed by atoms with Gasteiger partial charge in [-0.1, -0.05) is 6.07 Å². The van der Waals surface area contributed by atoms with Gasteiger partial charge in [0.05, 0.1) is 0 Å². The summed E-state index contributed by atoms with van der Waals surface area (Å²) in [5.74, 6) is 0.0844. The number of aryl methyl sites for hydroxylation is 1. The minimum Gasteiger partial charge on any atom is -0.292 e. The average Bonchev–Trinajstić information content (AvgIpc) is 2.70. The monoisotopic (exact) mass is 217 g/mol. The summed E-state index contributed by atoms with van der Waals surface area (Å²) in [5, 5.41) is 1.98. The van der Waals surface area contributed by atoms with Crippen molar-refractivity contribution in [3.63, 3.8) is 0 Å². The molecule has 0 aromatic carbocycles. The van der Waals surface area contributed by atoms with Crippen molar-refractivity contribution >= 4 is 17.1 Å². The molecule has 0 radical (unpaired) electrons. The molecule has 15 heavy (non-hydrogen) atoms. The van der Waals surface area contributed by atoms with Gasteiger partial charge in [0, 0.05) is 17.5 Å². The maximum atomic E-state index is 11.8. The summed E-state index contributed by atoms with van der Waals surface area (Å²) in [4.78, 5) is 17.0. The lowest BCUT2D eigenvalue weighted by molar-refractivity contribution is 0.0989. The minimum atomic E-state index is 0.0844. The highest BCUT2D eigenvalue weighted by Gasteiger charge is 2.08. The molecule has 0 amide bonds. The van der Waals surface area contributed by atoms with Crippen molar-refractivity contribution in [2.75, 3.05) is 0 Å². The molecule has 0 aliphatic carbocycles. The second-order valence-electron chi connectivity index (χ2n) is 3.40. The van der Waals surface area contributed by atoms with E-state index in [2.05, 4.69) is 4.98 Å². The van der Waals surface area contributed by atoms with Crippen LogP contribution in [0.2, 0.25) is 0 Å². The Balaban J connectivity index is 2.15. The van der Waals surface area contributed by atoms with Crippen LogP contribution in [0.3, 0.4) is 0 Å². The van der Waals surface area contributed by atoms with Crippen LogP contribution in [0.5, 0.6) is 0 Å². The summed E-state index contributed by atoms with van der Waals surface area (Å²) < 4.78 is 0. The molecule has 2 aromatic heterocycles. The topological polar surface area (TPSA) is 30.0 Å². The van der Waals surface area contributed by atoms with Crippen molar-refractivity contribution in [3.8, 4) is 0 Å². The van der Waals surface area contributed by atoms with Gasteiger partial charge in [0.25, 0.3) is 0 Å². The Morgan fingerprint density at radius 2 is 2.33 bits per heavy atom. The van der Waals surface area contributed by atoms with E-state index in [-0.39, 0.29) is 5.78 Å². The first-order valence-electron chi connectivity index (χ1n) is 4.74. The van der Waals surface area contributed by atoms with E-state index in [1.54, 1.807) is 17.5 Å². The maximum absolute atomic E-state index is 11.8. The highest BCUT2D eigenvalue weighted by atomic mass is 32.1. The normalized spacial score (nSPS) is 10.2. The van der Waals surface area contributed by atoms with E-state index >= 15 is 0 Å². The summed E-state index contributed by atoms with van der Waals surface area (Å²) in [6, 6.07) is 7.65. The van der Waals surface area contributed by atoms with E-state index in [9.17, 15) is 4.79 Å². The van der Waals surface area contributed by atoms with Crippen LogP contribution < -0.4 is 0 Å². The Hall–Kier alpha value is -1.48. The van der Waals surface area contributed by atoms with Gasteiger partial charge in [0.1, 0.15) is 5.69 Å². The molecule has 0 fully saturated rings. The molecule has 2 rings (SSSR count). The molecule has 0 bridgehead atoms. The Labute approximate surface area is 92.6 Å². The lowest BCUT2D eigenvalue weighted by Crippen LogP contribution is -2.04. The number of hydrogen-bond donors (Lipinski definition) is 0. The Morgan fingerprint density at radius 1 is 1.47 bits per heavy atom. The molecule has 0 N–H and O–H groups in total. The Kier molecular flexibility index (Phi) is 2.92. The van der Waals surface area contributed by atoms with Crippen LogP contribution in [0.4, 0.5) is 0 Å². The standard InChI is InChI=1S/C12H11NOS/c1-9-4-5-13-11(7-9)12(14)8-10-3-2-6-15-10/h2-7H,8H2,1H3. The number of carbonyl (C=O) groups is 1. The molecule has 0 spiro atoms. The number of ketones is 1. The maximum Gasteiger partial charge on any atom is 0.186 e. The van der Waals surface area contributed by atoms with E-state index in [0.717, 1.165) is 10.4 Å². The summed E-state index contributed by atoms with van der Waals surface area (Å²) in [7, 11) is 0. The molecule has 0 aliphatic rings. The third kappa shape index (κ3) is 2.50. The van der Waals surface area contributed by atoms with E-state index in [1.807, 2.05) is 36.6 Å². The smallest absolute Gasteiger partial charge is 0.186 e. The first-order valence-corrected chi connectivity index (χ1v) is 5.62. The second kappa shape index (κ2) is 4.36. The van der Waals surface area contributed by atoms with Crippen LogP contribution >= 0.6 is 11.3 Å². The van der Waals surface area contributed by atoms with Crippen LogP contribution in [0.15, 0.2) is 35.8 Å². The lowest BCUT2D eigenvalue weighted by atomic mass is 10.1. The highest BCUT2D eigenvalue weighted by molar-refractivity contribution is 7.10. The largest absolute Gasteiger partial charge is 0.292 e. The Bertz CT molecular complexity index is 462. The molecule has 0 aliphatic heterocycles. The van der Waals surface area contributed by atoms with Crippen LogP contribution in [0, 0.1) is 6.92 Å². The fourth-order valence-corrected chi connectivity index (χ4v) is 2.05. The molecule has 0 saturated heterocycles. The van der Waals surface area contributed by atoms with Gasteiger partial charge in [-0.2, -0.15) is 0 Å². The number of Topliss-reactive ketones (excluding diaryl/α,β-unsaturated/α-hetero) is 1. The molecular weight excluding hydrogens is 206 g/mol. The second-order valence-corrected chi connectivity index (χ2v) is 4.43. The van der Waals surface area contributed by atoms with Gasteiger partial charge in [0.2, 0.25) is 0 Å². The van der Waals surface area contributed by atoms with E-state index in [1.165, 1.54) is 0 Å². The van der Waals surface area contributed by atoms with Crippen molar-refractivity contribution in [2.24, 2.45) is 0 Å². The van der Waals surface area contributed by atoms with Gasteiger partial charge in [-0.25, -0.2) is 0 Å². The molecule has 2 aromatic rings. The average molecular weight is 217 g/mol. The van der Waals surface area contributed by atoms with Crippen LogP contribution in [0.25, 0.3) is 0 Å². The lowest BCUT2D eigenvalue weighted by Gasteiger charge is -1.99. The number of carbonyl (C=O) groups excluding carboxylic acids is 1. The number of pyridine rings is 1. The summed E-state index contributed by atoms with van der Waals surface area (Å²) >= 11 is 1.60. The van der Waals surface area contributed by atoms with E-state index in [0.29, 0.717) is 12.1 Å². The van der Waals surface area contributed by atoms with E-state index in [4.69, 9.17) is 0 Å². The fourth-order valence-electron chi connectivity index (χ4n) is 1.35. The third-order valence-corrected chi connectivity index (χ3v) is 2.99. The van der Waals surface area contributed by atoms with Crippen molar-refractivity contribution < 1.29 is 4.79 Å². The molecule has 0 atom stereocenters. The minimum absolute atomic E-state index is 0.0844. The first-order chi connectivity index (χ1) is 7.25. The summed E-state index contributed by atoms with van der Waals surface area (Å²) in [5.41, 5.74) is 1.63. The molecule has 0 unspecified atom stereocenters. The van der Waals surface area contributed by atoms with Gasteiger partial charge in [-0.05, 0) is 36.1 Å². The quantitative estimate of drug-likeness (QED) is 0.740.